The molecular weight excluding hydrogens is 375 g/mol. The summed E-state index contributed by atoms with van der Waals surface area (Å²) in [6.07, 6.45) is 0. The van der Waals surface area contributed by atoms with E-state index in [9.17, 15) is 18.8 Å². The average Bonchev–Trinajstić information content (AvgIpc) is 2.98. The van der Waals surface area contributed by atoms with Crippen molar-refractivity contribution in [3.05, 3.63) is 89.2 Å². The number of fused-ring (bicyclic) bond motifs is 1. The molecule has 144 valence electrons. The Morgan fingerprint density at radius 3 is 2.24 bits per heavy atom. The number of methoxy groups -OCH3 is 1. The Morgan fingerprint density at radius 1 is 0.931 bits per heavy atom. The fraction of sp³-hybridized carbons (Fsp3) is 0.0455. The molecular formula is C22H15FN2O4. The van der Waals surface area contributed by atoms with E-state index in [2.05, 4.69) is 5.32 Å². The maximum absolute atomic E-state index is 13.3. The van der Waals surface area contributed by atoms with Crippen LogP contribution in [0, 0.1) is 5.82 Å². The molecule has 0 fully saturated rings. The van der Waals surface area contributed by atoms with E-state index in [1.165, 1.54) is 37.4 Å². The van der Waals surface area contributed by atoms with Crippen LogP contribution in [0.5, 0.6) is 5.75 Å². The first-order chi connectivity index (χ1) is 14.0. The van der Waals surface area contributed by atoms with E-state index in [1.54, 1.807) is 30.3 Å². The smallest absolute Gasteiger partial charge is 0.266 e. The quantitative estimate of drug-likeness (QED) is 0.686. The normalized spacial score (nSPS) is 12.7. The molecule has 0 saturated carbocycles. The molecule has 0 bridgehead atoms. The molecule has 29 heavy (non-hydrogen) atoms. The zero-order valence-electron chi connectivity index (χ0n) is 15.3. The summed E-state index contributed by atoms with van der Waals surface area (Å²) in [5, 5.41) is 2.64. The van der Waals surface area contributed by atoms with Crippen molar-refractivity contribution < 1.29 is 23.5 Å². The van der Waals surface area contributed by atoms with Gasteiger partial charge in [-0.25, -0.2) is 9.29 Å². The van der Waals surface area contributed by atoms with Gasteiger partial charge in [0.2, 0.25) is 0 Å². The summed E-state index contributed by atoms with van der Waals surface area (Å²) >= 11 is 0. The van der Waals surface area contributed by atoms with Crippen LogP contribution in [0.2, 0.25) is 0 Å². The van der Waals surface area contributed by atoms with Crippen molar-refractivity contribution in [2.45, 2.75) is 0 Å². The maximum atomic E-state index is 13.3. The van der Waals surface area contributed by atoms with Crippen LogP contribution in [0.15, 0.2) is 66.7 Å². The first kappa shape index (κ1) is 18.4. The number of benzene rings is 3. The molecule has 7 heteroatoms. The lowest BCUT2D eigenvalue weighted by Gasteiger charge is -2.18. The Hall–Kier alpha value is -4.00. The number of anilines is 2. The second kappa shape index (κ2) is 7.20. The molecule has 4 rings (SSSR count). The van der Waals surface area contributed by atoms with Gasteiger partial charge >= 0.3 is 0 Å². The highest BCUT2D eigenvalue weighted by atomic mass is 19.1. The largest absolute Gasteiger partial charge is 0.494 e. The molecule has 1 N–H and O–H groups in total. The standard InChI is InChI=1S/C22H15FN2O4/c1-29-19-12-15(24-20(26)13-5-4-6-14(23)11-13)9-10-18(19)25-21(27)16-7-2-3-8-17(16)22(25)28/h2-12H,1H3,(H,24,26). The average molecular weight is 390 g/mol. The number of nitrogens with zero attached hydrogens (tertiary/aromatic N) is 1. The number of hydrogen-bond donors (Lipinski definition) is 1. The number of nitrogens with one attached hydrogen (secondary N) is 1. The van der Waals surface area contributed by atoms with Gasteiger partial charge < -0.3 is 10.1 Å². The van der Waals surface area contributed by atoms with Crippen molar-refractivity contribution in [1.29, 1.82) is 0 Å². The zero-order chi connectivity index (χ0) is 20.5. The van der Waals surface area contributed by atoms with E-state index >= 15 is 0 Å². The molecule has 0 radical (unpaired) electrons. The van der Waals surface area contributed by atoms with Crippen LogP contribution in [0.3, 0.4) is 0 Å². The Balaban J connectivity index is 1.64. The number of rotatable bonds is 4. The fourth-order valence-electron chi connectivity index (χ4n) is 3.18. The SMILES string of the molecule is COc1cc(NC(=O)c2cccc(F)c2)ccc1N1C(=O)c2ccccc2C1=O. The zero-order valence-corrected chi connectivity index (χ0v) is 15.3. The fourth-order valence-corrected chi connectivity index (χ4v) is 3.18. The molecule has 0 unspecified atom stereocenters. The third-order valence-corrected chi connectivity index (χ3v) is 4.56. The molecule has 1 aliphatic rings. The van der Waals surface area contributed by atoms with Crippen molar-refractivity contribution in [2.24, 2.45) is 0 Å². The van der Waals surface area contributed by atoms with Crippen LogP contribution in [0.4, 0.5) is 15.8 Å². The van der Waals surface area contributed by atoms with Gasteiger partial charge in [0.15, 0.2) is 0 Å². The highest BCUT2D eigenvalue weighted by molar-refractivity contribution is 6.34. The summed E-state index contributed by atoms with van der Waals surface area (Å²) in [7, 11) is 1.40. The predicted molar refractivity (Wildman–Crippen MR) is 105 cm³/mol. The van der Waals surface area contributed by atoms with Crippen LogP contribution in [-0.2, 0) is 0 Å². The highest BCUT2D eigenvalue weighted by Crippen LogP contribution is 2.36. The summed E-state index contributed by atoms with van der Waals surface area (Å²) in [5.41, 5.74) is 1.44. The van der Waals surface area contributed by atoms with Crippen LogP contribution in [0.1, 0.15) is 31.1 Å². The van der Waals surface area contributed by atoms with Crippen molar-refractivity contribution in [2.75, 3.05) is 17.3 Å². The Labute approximate surface area is 165 Å². The lowest BCUT2D eigenvalue weighted by atomic mass is 10.1. The number of carbonyl (C=O) groups is 3. The van der Waals surface area contributed by atoms with E-state index in [1.807, 2.05) is 0 Å². The summed E-state index contributed by atoms with van der Waals surface area (Å²) in [5.74, 6) is -1.67. The second-order valence-electron chi connectivity index (χ2n) is 6.34. The Bertz CT molecular complexity index is 1120. The van der Waals surface area contributed by atoms with Gasteiger partial charge in [0, 0.05) is 17.3 Å². The number of ether oxygens (including phenoxy) is 1. The topological polar surface area (TPSA) is 75.7 Å². The van der Waals surface area contributed by atoms with E-state index < -0.39 is 23.5 Å². The van der Waals surface area contributed by atoms with Crippen molar-refractivity contribution in [3.8, 4) is 5.75 Å². The van der Waals surface area contributed by atoms with Crippen LogP contribution >= 0.6 is 0 Å². The van der Waals surface area contributed by atoms with E-state index in [0.717, 1.165) is 11.0 Å². The molecule has 3 aromatic carbocycles. The summed E-state index contributed by atoms with van der Waals surface area (Å²) < 4.78 is 18.7. The van der Waals surface area contributed by atoms with Crippen molar-refractivity contribution in [3.63, 3.8) is 0 Å². The van der Waals surface area contributed by atoms with Gasteiger partial charge in [-0.3, -0.25) is 14.4 Å². The number of hydrogen-bond acceptors (Lipinski definition) is 4. The maximum Gasteiger partial charge on any atom is 0.266 e. The summed E-state index contributed by atoms with van der Waals surface area (Å²) in [4.78, 5) is 38.8. The monoisotopic (exact) mass is 390 g/mol. The number of carbonyl (C=O) groups excluding carboxylic acids is 3. The molecule has 0 spiro atoms. The minimum absolute atomic E-state index is 0.161. The molecule has 3 amide bonds. The Kier molecular flexibility index (Phi) is 4.56. The number of amides is 3. The lowest BCUT2D eigenvalue weighted by Crippen LogP contribution is -2.29. The Morgan fingerprint density at radius 2 is 1.62 bits per heavy atom. The van der Waals surface area contributed by atoms with Crippen LogP contribution < -0.4 is 15.0 Å². The second-order valence-corrected chi connectivity index (χ2v) is 6.34. The van der Waals surface area contributed by atoms with Crippen molar-refractivity contribution >= 4 is 29.1 Å². The van der Waals surface area contributed by atoms with E-state index in [4.69, 9.17) is 4.74 Å². The minimum Gasteiger partial charge on any atom is -0.494 e. The molecule has 0 aromatic heterocycles. The highest BCUT2D eigenvalue weighted by Gasteiger charge is 2.37. The third kappa shape index (κ3) is 3.23. The molecule has 3 aromatic rings. The third-order valence-electron chi connectivity index (χ3n) is 4.56. The van der Waals surface area contributed by atoms with Gasteiger partial charge in [-0.05, 0) is 42.5 Å². The molecule has 0 aliphatic carbocycles. The molecule has 1 aliphatic heterocycles. The van der Waals surface area contributed by atoms with Gasteiger partial charge in [-0.15, -0.1) is 0 Å². The van der Waals surface area contributed by atoms with Gasteiger partial charge in [0.1, 0.15) is 11.6 Å². The molecule has 0 atom stereocenters. The first-order valence-corrected chi connectivity index (χ1v) is 8.72. The van der Waals surface area contributed by atoms with Crippen molar-refractivity contribution in [1.82, 2.24) is 0 Å². The van der Waals surface area contributed by atoms with Crippen LogP contribution in [-0.4, -0.2) is 24.8 Å². The number of halogens is 1. The minimum atomic E-state index is -0.517. The van der Waals surface area contributed by atoms with Gasteiger partial charge in [0.05, 0.1) is 23.9 Å². The lowest BCUT2D eigenvalue weighted by molar-refractivity contribution is 0.0923. The van der Waals surface area contributed by atoms with Crippen LogP contribution in [0.25, 0.3) is 0 Å². The summed E-state index contributed by atoms with van der Waals surface area (Å²) in [6.45, 7) is 0. The first-order valence-electron chi connectivity index (χ1n) is 8.72. The molecule has 0 saturated heterocycles. The summed E-state index contributed by atoms with van der Waals surface area (Å²) in [6, 6.07) is 16.4. The van der Waals surface area contributed by atoms with Gasteiger partial charge in [0.25, 0.3) is 17.7 Å². The van der Waals surface area contributed by atoms with E-state index in [0.29, 0.717) is 16.8 Å². The predicted octanol–water partition coefficient (Wildman–Crippen LogP) is 3.89. The molecule has 6 nitrogen and oxygen atoms in total. The molecule has 1 heterocycles. The van der Waals surface area contributed by atoms with E-state index in [-0.39, 0.29) is 17.0 Å². The number of imide groups is 1. The van der Waals surface area contributed by atoms with Gasteiger partial charge in [-0.2, -0.15) is 0 Å². The van der Waals surface area contributed by atoms with Gasteiger partial charge in [-0.1, -0.05) is 18.2 Å².